The van der Waals surface area contributed by atoms with Crippen molar-refractivity contribution in [3.63, 3.8) is 0 Å². The Bertz CT molecular complexity index is 446. The van der Waals surface area contributed by atoms with Crippen molar-refractivity contribution in [3.05, 3.63) is 30.1 Å². The highest BCUT2D eigenvalue weighted by atomic mass is 16.5. The number of carboxylic acids is 1. The number of nitrogens with one attached hydrogen (secondary N) is 1. The lowest BCUT2D eigenvalue weighted by Crippen LogP contribution is -2.47. The van der Waals surface area contributed by atoms with Crippen molar-refractivity contribution in [1.82, 2.24) is 10.3 Å². The van der Waals surface area contributed by atoms with E-state index in [1.54, 1.807) is 12.1 Å². The van der Waals surface area contributed by atoms with E-state index >= 15 is 0 Å². The minimum absolute atomic E-state index is 0.0213. The number of rotatable bonds is 5. The summed E-state index contributed by atoms with van der Waals surface area (Å²) in [7, 11) is 0. The van der Waals surface area contributed by atoms with E-state index in [9.17, 15) is 14.4 Å². The number of pyridine rings is 1. The van der Waals surface area contributed by atoms with Crippen LogP contribution in [0.4, 0.5) is 0 Å². The van der Waals surface area contributed by atoms with E-state index in [1.807, 2.05) is 5.32 Å². The molecule has 1 rings (SSSR count). The van der Waals surface area contributed by atoms with E-state index in [0.29, 0.717) is 0 Å². The second-order valence-corrected chi connectivity index (χ2v) is 3.21. The van der Waals surface area contributed by atoms with Crippen molar-refractivity contribution in [2.75, 3.05) is 6.61 Å². The number of ether oxygens (including phenoxy) is 1. The molecule has 0 saturated carbocycles. The third-order valence-electron chi connectivity index (χ3n) is 1.94. The fourth-order valence-corrected chi connectivity index (χ4v) is 1.15. The fraction of sp³-hybridized carbons (Fsp3) is 0.273. The third-order valence-corrected chi connectivity index (χ3v) is 1.94. The van der Waals surface area contributed by atoms with E-state index < -0.39 is 23.9 Å². The summed E-state index contributed by atoms with van der Waals surface area (Å²) in [4.78, 5) is 37.5. The number of carbonyl (C=O) groups is 3. The Morgan fingerprint density at radius 3 is 2.67 bits per heavy atom. The molecule has 0 saturated heterocycles. The lowest BCUT2D eigenvalue weighted by atomic mass is 10.2. The first-order chi connectivity index (χ1) is 8.56. The van der Waals surface area contributed by atoms with Gasteiger partial charge in [0.1, 0.15) is 5.69 Å². The molecule has 1 aromatic rings. The predicted molar refractivity (Wildman–Crippen MR) is 59.8 cm³/mol. The summed E-state index contributed by atoms with van der Waals surface area (Å²) >= 11 is 0. The van der Waals surface area contributed by atoms with E-state index in [-0.39, 0.29) is 12.3 Å². The molecule has 1 amide bonds. The highest BCUT2D eigenvalue weighted by molar-refractivity contribution is 6.04. The molecule has 0 aliphatic rings. The maximum atomic E-state index is 11.6. The standard InChI is InChI=1S/C11H12N2O5/c1-2-18-11(17)8(10(15)16)13-9(14)7-5-3-4-6-12-7/h3-6,8H,2H2,1H3,(H,13,14)(H,15,16). The van der Waals surface area contributed by atoms with Crippen LogP contribution in [0.3, 0.4) is 0 Å². The average Bonchev–Trinajstić information content (AvgIpc) is 2.36. The van der Waals surface area contributed by atoms with Crippen molar-refractivity contribution in [2.45, 2.75) is 13.0 Å². The van der Waals surface area contributed by atoms with Crippen molar-refractivity contribution in [2.24, 2.45) is 0 Å². The summed E-state index contributed by atoms with van der Waals surface area (Å²) in [5.41, 5.74) is 0.0213. The normalized spacial score (nSPS) is 11.4. The highest BCUT2D eigenvalue weighted by Gasteiger charge is 2.30. The van der Waals surface area contributed by atoms with Gasteiger partial charge in [-0.2, -0.15) is 0 Å². The highest BCUT2D eigenvalue weighted by Crippen LogP contribution is 1.96. The number of hydrogen-bond donors (Lipinski definition) is 2. The van der Waals surface area contributed by atoms with Gasteiger partial charge in [0, 0.05) is 6.20 Å². The van der Waals surface area contributed by atoms with Gasteiger partial charge in [0.2, 0.25) is 6.04 Å². The molecule has 1 heterocycles. The predicted octanol–water partition coefficient (Wildman–Crippen LogP) is -0.172. The van der Waals surface area contributed by atoms with Crippen LogP contribution in [0.15, 0.2) is 24.4 Å². The topological polar surface area (TPSA) is 106 Å². The SMILES string of the molecule is CCOC(=O)C(NC(=O)c1ccccn1)C(=O)O. The van der Waals surface area contributed by atoms with Crippen LogP contribution in [0, 0.1) is 0 Å². The van der Waals surface area contributed by atoms with Crippen LogP contribution in [0.5, 0.6) is 0 Å². The zero-order valence-corrected chi connectivity index (χ0v) is 9.62. The summed E-state index contributed by atoms with van der Waals surface area (Å²) < 4.78 is 4.55. The Morgan fingerprint density at radius 2 is 2.17 bits per heavy atom. The van der Waals surface area contributed by atoms with E-state index in [1.165, 1.54) is 19.2 Å². The Hall–Kier alpha value is -2.44. The van der Waals surface area contributed by atoms with Crippen LogP contribution >= 0.6 is 0 Å². The van der Waals surface area contributed by atoms with E-state index in [4.69, 9.17) is 5.11 Å². The van der Waals surface area contributed by atoms with Gasteiger partial charge < -0.3 is 15.2 Å². The number of aromatic nitrogens is 1. The molecular formula is C11H12N2O5. The minimum atomic E-state index is -1.74. The number of carbonyl (C=O) groups excluding carboxylic acids is 2. The Balaban J connectivity index is 2.76. The second kappa shape index (κ2) is 6.33. The number of nitrogens with zero attached hydrogens (tertiary/aromatic N) is 1. The molecule has 96 valence electrons. The Labute approximate surface area is 103 Å². The summed E-state index contributed by atoms with van der Waals surface area (Å²) in [6.45, 7) is 1.57. The summed E-state index contributed by atoms with van der Waals surface area (Å²) in [6.07, 6.45) is 1.38. The van der Waals surface area contributed by atoms with Crippen LogP contribution in [-0.4, -0.2) is 40.6 Å². The smallest absolute Gasteiger partial charge is 0.340 e. The van der Waals surface area contributed by atoms with Gasteiger partial charge >= 0.3 is 11.9 Å². The van der Waals surface area contributed by atoms with Crippen molar-refractivity contribution in [3.8, 4) is 0 Å². The third kappa shape index (κ3) is 3.55. The van der Waals surface area contributed by atoms with Crippen molar-refractivity contribution < 1.29 is 24.2 Å². The average molecular weight is 252 g/mol. The first-order valence-corrected chi connectivity index (χ1v) is 5.17. The first-order valence-electron chi connectivity index (χ1n) is 5.17. The Morgan fingerprint density at radius 1 is 1.44 bits per heavy atom. The largest absolute Gasteiger partial charge is 0.479 e. The number of aliphatic carboxylic acids is 1. The molecule has 1 unspecified atom stereocenters. The van der Waals surface area contributed by atoms with Gasteiger partial charge in [0.25, 0.3) is 5.91 Å². The number of hydrogen-bond acceptors (Lipinski definition) is 5. The molecule has 7 nitrogen and oxygen atoms in total. The van der Waals surface area contributed by atoms with E-state index in [2.05, 4.69) is 9.72 Å². The van der Waals surface area contributed by atoms with Crippen molar-refractivity contribution >= 4 is 17.8 Å². The molecule has 1 aromatic heterocycles. The van der Waals surface area contributed by atoms with Crippen LogP contribution < -0.4 is 5.32 Å². The van der Waals surface area contributed by atoms with Gasteiger partial charge in [-0.05, 0) is 19.1 Å². The minimum Gasteiger partial charge on any atom is -0.479 e. The monoisotopic (exact) mass is 252 g/mol. The molecule has 0 aromatic carbocycles. The quantitative estimate of drug-likeness (QED) is 0.556. The summed E-state index contributed by atoms with van der Waals surface area (Å²) in [6, 6.07) is 2.84. The maximum Gasteiger partial charge on any atom is 0.340 e. The van der Waals surface area contributed by atoms with Gasteiger partial charge in [-0.3, -0.25) is 9.78 Å². The molecule has 0 aliphatic heterocycles. The van der Waals surface area contributed by atoms with Gasteiger partial charge in [0.15, 0.2) is 0 Å². The number of carboxylic acid groups (broad SMARTS) is 1. The molecule has 0 aliphatic carbocycles. The number of amides is 1. The molecule has 0 fully saturated rings. The van der Waals surface area contributed by atoms with Gasteiger partial charge in [0.05, 0.1) is 6.61 Å². The molecule has 1 atom stereocenters. The maximum absolute atomic E-state index is 11.6. The van der Waals surface area contributed by atoms with E-state index in [0.717, 1.165) is 0 Å². The van der Waals surface area contributed by atoms with Crippen LogP contribution in [0.2, 0.25) is 0 Å². The molecule has 7 heteroatoms. The van der Waals surface area contributed by atoms with Gasteiger partial charge in [-0.1, -0.05) is 6.07 Å². The molecule has 0 bridgehead atoms. The van der Waals surface area contributed by atoms with Crippen LogP contribution in [-0.2, 0) is 14.3 Å². The summed E-state index contributed by atoms with van der Waals surface area (Å²) in [5, 5.41) is 10.9. The lowest BCUT2D eigenvalue weighted by molar-refractivity contribution is -0.154. The fourth-order valence-electron chi connectivity index (χ4n) is 1.15. The molecule has 0 spiro atoms. The van der Waals surface area contributed by atoms with Crippen LogP contribution in [0.25, 0.3) is 0 Å². The first kappa shape index (κ1) is 13.6. The lowest BCUT2D eigenvalue weighted by Gasteiger charge is -2.12. The molecular weight excluding hydrogens is 240 g/mol. The van der Waals surface area contributed by atoms with Crippen molar-refractivity contribution in [1.29, 1.82) is 0 Å². The zero-order chi connectivity index (χ0) is 13.5. The molecule has 2 N–H and O–H groups in total. The number of esters is 1. The zero-order valence-electron chi connectivity index (χ0n) is 9.62. The summed E-state index contributed by atoms with van der Waals surface area (Å²) in [5.74, 6) is -3.26. The van der Waals surface area contributed by atoms with Gasteiger partial charge in [-0.25, -0.2) is 9.59 Å². The van der Waals surface area contributed by atoms with Gasteiger partial charge in [-0.15, -0.1) is 0 Å². The second-order valence-electron chi connectivity index (χ2n) is 3.21. The molecule has 0 radical (unpaired) electrons. The van der Waals surface area contributed by atoms with Crippen LogP contribution in [0.1, 0.15) is 17.4 Å². The molecule has 18 heavy (non-hydrogen) atoms. The Kier molecular flexibility index (Phi) is 4.79.